The summed E-state index contributed by atoms with van der Waals surface area (Å²) in [5.41, 5.74) is 18.8. The Morgan fingerprint density at radius 3 is 2.58 bits per heavy atom. The highest BCUT2D eigenvalue weighted by Gasteiger charge is 2.29. The van der Waals surface area contributed by atoms with E-state index in [4.69, 9.17) is 34.2 Å². The van der Waals surface area contributed by atoms with Crippen molar-refractivity contribution in [2.75, 3.05) is 29.5 Å². The summed E-state index contributed by atoms with van der Waals surface area (Å²) in [5, 5.41) is 8.57. The van der Waals surface area contributed by atoms with E-state index in [2.05, 4.69) is 26.8 Å². The molecule has 3 rings (SSSR count). The quantitative estimate of drug-likeness (QED) is 0.597. The van der Waals surface area contributed by atoms with Crippen molar-refractivity contribution in [1.82, 2.24) is 15.0 Å². The third-order valence-corrected chi connectivity index (χ3v) is 5.39. The Kier molecular flexibility index (Phi) is 4.97. The highest BCUT2D eigenvalue weighted by atomic mass is 35.5. The summed E-state index contributed by atoms with van der Waals surface area (Å²) in [6, 6.07) is 1.60. The van der Waals surface area contributed by atoms with Crippen LogP contribution in [0.15, 0.2) is 18.5 Å². The van der Waals surface area contributed by atoms with Gasteiger partial charge in [0.25, 0.3) is 0 Å². The van der Waals surface area contributed by atoms with Crippen LogP contribution in [0.4, 0.5) is 17.5 Å². The van der Waals surface area contributed by atoms with Gasteiger partial charge < -0.3 is 22.1 Å². The number of aromatic nitrogens is 3. The average Bonchev–Trinajstić information content (AvgIpc) is 2.64. The standard InChI is InChI=1S/C17H23ClN8/c1-2-17(22)4-7-26(8-5-17)11-9-24-14(16(21)25-11)13(19)10-3-6-23-15(20)12(10)18/h3,6,9,19H,2,4-5,7-8,22H2,1H3,(H2,20,23)(H2,21,25). The summed E-state index contributed by atoms with van der Waals surface area (Å²) in [4.78, 5) is 14.8. The van der Waals surface area contributed by atoms with Crippen LogP contribution in [0.1, 0.15) is 37.4 Å². The van der Waals surface area contributed by atoms with Crippen molar-refractivity contribution in [3.8, 4) is 0 Å². The lowest BCUT2D eigenvalue weighted by Gasteiger charge is -2.39. The Morgan fingerprint density at radius 1 is 1.27 bits per heavy atom. The predicted molar refractivity (Wildman–Crippen MR) is 105 cm³/mol. The molecule has 7 N–H and O–H groups in total. The van der Waals surface area contributed by atoms with Crippen LogP contribution in [0, 0.1) is 5.41 Å². The molecule has 1 saturated heterocycles. The molecule has 2 aromatic heterocycles. The second kappa shape index (κ2) is 7.05. The highest BCUT2D eigenvalue weighted by Crippen LogP contribution is 2.28. The van der Waals surface area contributed by atoms with Crippen LogP contribution in [0.5, 0.6) is 0 Å². The van der Waals surface area contributed by atoms with Gasteiger partial charge >= 0.3 is 0 Å². The normalized spacial score (nSPS) is 16.5. The second-order valence-electron chi connectivity index (χ2n) is 6.60. The minimum Gasteiger partial charge on any atom is -0.382 e. The van der Waals surface area contributed by atoms with E-state index in [1.165, 1.54) is 6.20 Å². The maximum Gasteiger partial charge on any atom is 0.154 e. The fraction of sp³-hybridized carbons (Fsp3) is 0.412. The summed E-state index contributed by atoms with van der Waals surface area (Å²) in [5.74, 6) is 1.03. The number of halogens is 1. The Balaban J connectivity index is 1.82. The molecule has 2 aromatic rings. The first kappa shape index (κ1) is 18.3. The van der Waals surface area contributed by atoms with E-state index in [9.17, 15) is 0 Å². The van der Waals surface area contributed by atoms with Crippen molar-refractivity contribution in [3.63, 3.8) is 0 Å². The number of anilines is 3. The number of nitrogens with zero attached hydrogens (tertiary/aromatic N) is 4. The largest absolute Gasteiger partial charge is 0.382 e. The minimum atomic E-state index is -0.102. The molecule has 0 aliphatic carbocycles. The molecule has 1 aliphatic rings. The fourth-order valence-electron chi connectivity index (χ4n) is 3.05. The first-order valence-corrected chi connectivity index (χ1v) is 8.88. The Bertz CT molecular complexity index is 830. The molecule has 1 aliphatic heterocycles. The van der Waals surface area contributed by atoms with Gasteiger partial charge in [0, 0.05) is 30.4 Å². The van der Waals surface area contributed by atoms with Gasteiger partial charge in [-0.3, -0.25) is 5.41 Å². The predicted octanol–water partition coefficient (Wildman–Crippen LogP) is 1.81. The van der Waals surface area contributed by atoms with Crippen LogP contribution in [-0.4, -0.2) is 39.3 Å². The molecular formula is C17H23ClN8. The lowest BCUT2D eigenvalue weighted by atomic mass is 9.86. The summed E-state index contributed by atoms with van der Waals surface area (Å²) < 4.78 is 0. The molecule has 26 heavy (non-hydrogen) atoms. The maximum absolute atomic E-state index is 8.36. The summed E-state index contributed by atoms with van der Waals surface area (Å²) in [7, 11) is 0. The molecule has 1 fully saturated rings. The summed E-state index contributed by atoms with van der Waals surface area (Å²) in [6.07, 6.45) is 5.88. The molecule has 0 bridgehead atoms. The van der Waals surface area contributed by atoms with E-state index in [1.54, 1.807) is 12.3 Å². The van der Waals surface area contributed by atoms with Crippen molar-refractivity contribution in [2.24, 2.45) is 5.73 Å². The summed E-state index contributed by atoms with van der Waals surface area (Å²) >= 11 is 6.15. The van der Waals surface area contributed by atoms with Crippen molar-refractivity contribution in [1.29, 1.82) is 5.41 Å². The van der Waals surface area contributed by atoms with Crippen LogP contribution < -0.4 is 22.1 Å². The van der Waals surface area contributed by atoms with E-state index in [1.807, 2.05) is 0 Å². The third kappa shape index (κ3) is 3.42. The average molecular weight is 375 g/mol. The Morgan fingerprint density at radius 2 is 1.96 bits per heavy atom. The molecule has 0 amide bonds. The van der Waals surface area contributed by atoms with Crippen LogP contribution in [0.3, 0.4) is 0 Å². The first-order valence-electron chi connectivity index (χ1n) is 8.50. The lowest BCUT2D eigenvalue weighted by molar-refractivity contribution is 0.322. The van der Waals surface area contributed by atoms with Gasteiger partial charge in [0.2, 0.25) is 0 Å². The number of nitrogen functional groups attached to an aromatic ring is 2. The van der Waals surface area contributed by atoms with Crippen LogP contribution in [0.25, 0.3) is 0 Å². The molecule has 138 valence electrons. The smallest absolute Gasteiger partial charge is 0.154 e. The molecule has 0 unspecified atom stereocenters. The molecule has 0 saturated carbocycles. The number of nitrogens with one attached hydrogen (secondary N) is 1. The molecule has 0 spiro atoms. The van der Waals surface area contributed by atoms with Crippen molar-refractivity contribution in [3.05, 3.63) is 34.7 Å². The zero-order chi connectivity index (χ0) is 18.9. The van der Waals surface area contributed by atoms with Gasteiger partial charge in [0.15, 0.2) is 5.82 Å². The van der Waals surface area contributed by atoms with E-state index < -0.39 is 0 Å². The van der Waals surface area contributed by atoms with Gasteiger partial charge in [0.1, 0.15) is 17.3 Å². The number of hydrogen-bond acceptors (Lipinski definition) is 8. The van der Waals surface area contributed by atoms with Crippen molar-refractivity contribution in [2.45, 2.75) is 31.7 Å². The molecule has 0 atom stereocenters. The van der Waals surface area contributed by atoms with Crippen LogP contribution in [0.2, 0.25) is 5.02 Å². The summed E-state index contributed by atoms with van der Waals surface area (Å²) in [6.45, 7) is 3.73. The number of rotatable bonds is 4. The van der Waals surface area contributed by atoms with Crippen LogP contribution >= 0.6 is 11.6 Å². The van der Waals surface area contributed by atoms with Gasteiger partial charge in [0.05, 0.1) is 16.9 Å². The van der Waals surface area contributed by atoms with Gasteiger partial charge in [-0.15, -0.1) is 0 Å². The number of pyridine rings is 1. The zero-order valence-corrected chi connectivity index (χ0v) is 15.4. The topological polar surface area (TPSA) is 144 Å². The molecule has 9 heteroatoms. The minimum absolute atomic E-state index is 0.0613. The number of piperidine rings is 1. The first-order chi connectivity index (χ1) is 12.3. The fourth-order valence-corrected chi connectivity index (χ4v) is 3.26. The second-order valence-corrected chi connectivity index (χ2v) is 6.98. The van der Waals surface area contributed by atoms with Crippen molar-refractivity contribution >= 4 is 34.8 Å². The van der Waals surface area contributed by atoms with Gasteiger partial charge in [-0.1, -0.05) is 18.5 Å². The highest BCUT2D eigenvalue weighted by molar-refractivity contribution is 6.37. The SMILES string of the molecule is CCC1(N)CCN(c2cnc(C(=N)c3ccnc(N)c3Cl)c(N)n2)CC1. The van der Waals surface area contributed by atoms with Crippen LogP contribution in [-0.2, 0) is 0 Å². The number of hydrogen-bond donors (Lipinski definition) is 4. The van der Waals surface area contributed by atoms with E-state index >= 15 is 0 Å². The Hall–Kier alpha value is -2.45. The third-order valence-electron chi connectivity index (χ3n) is 5.00. The molecule has 0 radical (unpaired) electrons. The molecule has 8 nitrogen and oxygen atoms in total. The molecular weight excluding hydrogens is 352 g/mol. The number of nitrogens with two attached hydrogens (primary N) is 3. The molecule has 3 heterocycles. The van der Waals surface area contributed by atoms with Gasteiger partial charge in [-0.2, -0.15) is 0 Å². The van der Waals surface area contributed by atoms with Gasteiger partial charge in [-0.25, -0.2) is 15.0 Å². The van der Waals surface area contributed by atoms with Gasteiger partial charge in [-0.05, 0) is 25.3 Å². The van der Waals surface area contributed by atoms with Crippen molar-refractivity contribution < 1.29 is 0 Å². The maximum atomic E-state index is 8.36. The monoisotopic (exact) mass is 374 g/mol. The Labute approximate surface area is 157 Å². The lowest BCUT2D eigenvalue weighted by Crippen LogP contribution is -2.50. The zero-order valence-electron chi connectivity index (χ0n) is 14.7. The molecule has 0 aromatic carbocycles. The van der Waals surface area contributed by atoms with E-state index in [0.29, 0.717) is 11.4 Å². The van der Waals surface area contributed by atoms with E-state index in [0.717, 1.165) is 32.4 Å². The van der Waals surface area contributed by atoms with E-state index in [-0.39, 0.29) is 33.6 Å².